The lowest BCUT2D eigenvalue weighted by atomic mass is 10.3. The molecule has 0 radical (unpaired) electrons. The zero-order valence-electron chi connectivity index (χ0n) is 11.4. The van der Waals surface area contributed by atoms with Crippen LogP contribution in [0.25, 0.3) is 0 Å². The minimum atomic E-state index is -0.800. The zero-order chi connectivity index (χ0) is 16.3. The molecule has 0 unspecified atom stereocenters. The third-order valence-electron chi connectivity index (χ3n) is 2.78. The molecule has 1 N–H and O–H groups in total. The largest absolute Gasteiger partial charge is 0.479 e. The Labute approximate surface area is 148 Å². The second-order valence-corrected chi connectivity index (χ2v) is 6.08. The van der Waals surface area contributed by atoms with Crippen molar-refractivity contribution in [3.05, 3.63) is 56.5 Å². The Balaban J connectivity index is 2.09. The minimum Gasteiger partial charge on any atom is -0.479 e. The predicted octanol–water partition coefficient (Wildman–Crippen LogP) is 5.71. The van der Waals surface area contributed by atoms with Gasteiger partial charge in [-0.3, -0.25) is 4.79 Å². The molecular formula is C15H11Cl4NO2. The molecule has 0 saturated heterocycles. The van der Waals surface area contributed by atoms with E-state index in [1.165, 1.54) is 6.07 Å². The van der Waals surface area contributed by atoms with Crippen molar-refractivity contribution in [2.75, 3.05) is 5.32 Å². The highest BCUT2D eigenvalue weighted by atomic mass is 35.5. The molecule has 22 heavy (non-hydrogen) atoms. The van der Waals surface area contributed by atoms with Crippen molar-refractivity contribution in [3.63, 3.8) is 0 Å². The van der Waals surface area contributed by atoms with Crippen LogP contribution in [0.4, 0.5) is 5.69 Å². The second-order valence-electron chi connectivity index (χ2n) is 4.42. The summed E-state index contributed by atoms with van der Waals surface area (Å²) in [6, 6.07) is 9.70. The highest BCUT2D eigenvalue weighted by molar-refractivity contribution is 6.39. The van der Waals surface area contributed by atoms with Crippen LogP contribution in [0.1, 0.15) is 6.92 Å². The van der Waals surface area contributed by atoms with Gasteiger partial charge in [-0.25, -0.2) is 0 Å². The third kappa shape index (κ3) is 4.20. The lowest BCUT2D eigenvalue weighted by Gasteiger charge is -2.16. The molecule has 0 fully saturated rings. The van der Waals surface area contributed by atoms with Crippen molar-refractivity contribution in [2.24, 2.45) is 0 Å². The summed E-state index contributed by atoms with van der Waals surface area (Å²) in [5.74, 6) is -0.0417. The number of carbonyl (C=O) groups excluding carboxylic acids is 1. The molecule has 0 saturated carbocycles. The van der Waals surface area contributed by atoms with Crippen molar-refractivity contribution in [1.82, 2.24) is 0 Å². The number of halogens is 4. The standard InChI is InChI=1S/C15H11Cl4NO2/c1-8(22-13-6-5-9(16)7-12(13)19)15(21)20-14-10(17)3-2-4-11(14)18/h2-8H,1H3,(H,20,21)/t8-/m1/s1. The molecule has 0 spiro atoms. The smallest absolute Gasteiger partial charge is 0.265 e. The number of benzene rings is 2. The van der Waals surface area contributed by atoms with Crippen LogP contribution in [0.3, 0.4) is 0 Å². The fourth-order valence-electron chi connectivity index (χ4n) is 1.66. The molecule has 0 bridgehead atoms. The van der Waals surface area contributed by atoms with E-state index in [0.29, 0.717) is 31.5 Å². The second kappa shape index (κ2) is 7.42. The lowest BCUT2D eigenvalue weighted by molar-refractivity contribution is -0.122. The maximum absolute atomic E-state index is 12.2. The van der Waals surface area contributed by atoms with Crippen molar-refractivity contribution < 1.29 is 9.53 Å². The average Bonchev–Trinajstić information content (AvgIpc) is 2.45. The van der Waals surface area contributed by atoms with Gasteiger partial charge in [0.15, 0.2) is 6.10 Å². The SMILES string of the molecule is C[C@@H](Oc1ccc(Cl)cc1Cl)C(=O)Nc1c(Cl)cccc1Cl. The van der Waals surface area contributed by atoms with Gasteiger partial charge >= 0.3 is 0 Å². The van der Waals surface area contributed by atoms with Gasteiger partial charge in [-0.15, -0.1) is 0 Å². The molecule has 0 aliphatic heterocycles. The Hall–Kier alpha value is -1.13. The van der Waals surface area contributed by atoms with E-state index >= 15 is 0 Å². The molecular weight excluding hydrogens is 368 g/mol. The van der Waals surface area contributed by atoms with Gasteiger partial charge in [0.25, 0.3) is 5.91 Å². The summed E-state index contributed by atoms with van der Waals surface area (Å²) in [4.78, 5) is 12.2. The van der Waals surface area contributed by atoms with E-state index in [0.717, 1.165) is 0 Å². The Bertz CT molecular complexity index is 686. The quantitative estimate of drug-likeness (QED) is 0.740. The van der Waals surface area contributed by atoms with Crippen molar-refractivity contribution in [3.8, 4) is 5.75 Å². The predicted molar refractivity (Wildman–Crippen MR) is 91.6 cm³/mol. The molecule has 3 nitrogen and oxygen atoms in total. The third-order valence-corrected chi connectivity index (χ3v) is 3.94. The van der Waals surface area contributed by atoms with Crippen LogP contribution in [0.2, 0.25) is 20.1 Å². The van der Waals surface area contributed by atoms with E-state index in [-0.39, 0.29) is 0 Å². The summed E-state index contributed by atoms with van der Waals surface area (Å²) >= 11 is 23.8. The molecule has 0 heterocycles. The maximum atomic E-state index is 12.2. The van der Waals surface area contributed by atoms with Gasteiger partial charge in [-0.05, 0) is 37.3 Å². The first kappa shape index (κ1) is 17.2. The summed E-state index contributed by atoms with van der Waals surface area (Å²) in [6.45, 7) is 1.59. The topological polar surface area (TPSA) is 38.3 Å². The molecule has 7 heteroatoms. The number of nitrogens with one attached hydrogen (secondary N) is 1. The van der Waals surface area contributed by atoms with E-state index in [9.17, 15) is 4.79 Å². The summed E-state index contributed by atoms with van der Waals surface area (Å²) < 4.78 is 5.53. The number of carbonyl (C=O) groups is 1. The van der Waals surface area contributed by atoms with Gasteiger partial charge in [0.1, 0.15) is 5.75 Å². The Morgan fingerprint density at radius 1 is 1.05 bits per heavy atom. The minimum absolute atomic E-state index is 0.322. The lowest BCUT2D eigenvalue weighted by Crippen LogP contribution is -2.30. The number of anilines is 1. The van der Waals surface area contributed by atoms with Crippen molar-refractivity contribution in [2.45, 2.75) is 13.0 Å². The highest BCUT2D eigenvalue weighted by Crippen LogP contribution is 2.31. The molecule has 1 amide bonds. The van der Waals surface area contributed by atoms with Crippen LogP contribution in [-0.4, -0.2) is 12.0 Å². The molecule has 2 rings (SSSR count). The molecule has 1 atom stereocenters. The van der Waals surface area contributed by atoms with Crippen LogP contribution in [0, 0.1) is 0 Å². The van der Waals surface area contributed by atoms with E-state index in [2.05, 4.69) is 5.32 Å². The average molecular weight is 379 g/mol. The van der Waals surface area contributed by atoms with Crippen LogP contribution in [-0.2, 0) is 4.79 Å². The molecule has 0 aliphatic carbocycles. The summed E-state index contributed by atoms with van der Waals surface area (Å²) in [6.07, 6.45) is -0.800. The number of hydrogen-bond acceptors (Lipinski definition) is 2. The molecule has 0 aliphatic rings. The number of amides is 1. The first-order valence-electron chi connectivity index (χ1n) is 6.25. The van der Waals surface area contributed by atoms with Gasteiger partial charge < -0.3 is 10.1 Å². The molecule has 2 aromatic rings. The number of ether oxygens (including phenoxy) is 1. The van der Waals surface area contributed by atoms with Crippen LogP contribution in [0.5, 0.6) is 5.75 Å². The first-order valence-corrected chi connectivity index (χ1v) is 7.76. The Morgan fingerprint density at radius 2 is 1.68 bits per heavy atom. The van der Waals surface area contributed by atoms with E-state index in [1.54, 1.807) is 37.3 Å². The fraction of sp³-hybridized carbons (Fsp3) is 0.133. The molecule has 0 aromatic heterocycles. The summed E-state index contributed by atoms with van der Waals surface area (Å²) in [7, 11) is 0. The van der Waals surface area contributed by atoms with E-state index < -0.39 is 12.0 Å². The van der Waals surface area contributed by atoms with Crippen LogP contribution < -0.4 is 10.1 Å². The monoisotopic (exact) mass is 377 g/mol. The Kier molecular flexibility index (Phi) is 5.81. The first-order chi connectivity index (χ1) is 10.4. The normalized spacial score (nSPS) is 11.9. The van der Waals surface area contributed by atoms with Crippen molar-refractivity contribution in [1.29, 1.82) is 0 Å². The number of rotatable bonds is 4. The van der Waals surface area contributed by atoms with Gasteiger partial charge in [-0.2, -0.15) is 0 Å². The van der Waals surface area contributed by atoms with Gasteiger partial charge in [-0.1, -0.05) is 52.5 Å². The zero-order valence-corrected chi connectivity index (χ0v) is 14.4. The van der Waals surface area contributed by atoms with E-state index in [1.807, 2.05) is 0 Å². The molecule has 116 valence electrons. The summed E-state index contributed by atoms with van der Waals surface area (Å²) in [5.41, 5.74) is 0.341. The molecule has 2 aromatic carbocycles. The fourth-order valence-corrected chi connectivity index (χ4v) is 2.60. The highest BCUT2D eigenvalue weighted by Gasteiger charge is 2.18. The van der Waals surface area contributed by atoms with E-state index in [4.69, 9.17) is 51.1 Å². The van der Waals surface area contributed by atoms with Crippen LogP contribution >= 0.6 is 46.4 Å². The van der Waals surface area contributed by atoms with Gasteiger partial charge in [0.2, 0.25) is 0 Å². The Morgan fingerprint density at radius 3 is 2.27 bits per heavy atom. The van der Waals surface area contributed by atoms with Gasteiger partial charge in [0, 0.05) is 5.02 Å². The number of hydrogen-bond donors (Lipinski definition) is 1. The summed E-state index contributed by atoms with van der Waals surface area (Å²) in [5, 5.41) is 4.13. The van der Waals surface area contributed by atoms with Gasteiger partial charge in [0.05, 0.1) is 20.8 Å². The van der Waals surface area contributed by atoms with Crippen molar-refractivity contribution >= 4 is 58.0 Å². The van der Waals surface area contributed by atoms with Crippen LogP contribution in [0.15, 0.2) is 36.4 Å². The maximum Gasteiger partial charge on any atom is 0.265 e. The number of para-hydroxylation sites is 1.